The van der Waals surface area contributed by atoms with Crippen LogP contribution in [0.15, 0.2) is 60.7 Å². The Morgan fingerprint density at radius 1 is 0.469 bits per heavy atom. The summed E-state index contributed by atoms with van der Waals surface area (Å²) in [4.78, 5) is 10.2. The fourth-order valence-electron chi connectivity index (χ4n) is 4.54. The maximum absolute atomic E-state index is 3.44. The van der Waals surface area contributed by atoms with Gasteiger partial charge in [-0.15, -0.1) is 0 Å². The maximum Gasteiger partial charge on any atom is 0.0602 e. The predicted octanol–water partition coefficient (Wildman–Crippen LogP) is 2.71. The molecular weight excluding hydrogens is 392 g/mol. The molecule has 32 heavy (non-hydrogen) atoms. The fraction of sp³-hybridized carbons (Fsp3) is 0.500. The van der Waals surface area contributed by atoms with E-state index in [9.17, 15) is 0 Å². The Bertz CT molecular complexity index is 756. The minimum atomic E-state index is 0.920. The van der Waals surface area contributed by atoms with E-state index in [0.717, 1.165) is 52.1 Å². The van der Waals surface area contributed by atoms with Gasteiger partial charge in [0.1, 0.15) is 0 Å². The second-order valence-corrected chi connectivity index (χ2v) is 9.06. The summed E-state index contributed by atoms with van der Waals surface area (Å²) in [5.74, 6) is 6.87. The van der Waals surface area contributed by atoms with Crippen molar-refractivity contribution in [3.05, 3.63) is 71.8 Å². The lowest BCUT2D eigenvalue weighted by Gasteiger charge is -2.34. The van der Waals surface area contributed by atoms with Crippen LogP contribution in [-0.4, -0.2) is 98.1 Å². The van der Waals surface area contributed by atoms with Crippen LogP contribution >= 0.6 is 0 Å². The average molecular weight is 431 g/mol. The van der Waals surface area contributed by atoms with Crippen LogP contribution in [0.25, 0.3) is 0 Å². The van der Waals surface area contributed by atoms with Crippen LogP contribution in [0.1, 0.15) is 11.1 Å². The Balaban J connectivity index is 1.05. The lowest BCUT2D eigenvalue weighted by molar-refractivity contribution is 0.143. The van der Waals surface area contributed by atoms with Crippen LogP contribution in [-0.2, 0) is 12.8 Å². The Labute approximate surface area is 194 Å². The van der Waals surface area contributed by atoms with E-state index >= 15 is 0 Å². The van der Waals surface area contributed by atoms with E-state index in [1.807, 2.05) is 0 Å². The lowest BCUT2D eigenvalue weighted by atomic mass is 10.1. The molecule has 0 N–H and O–H groups in total. The minimum absolute atomic E-state index is 0.920. The second-order valence-electron chi connectivity index (χ2n) is 9.06. The summed E-state index contributed by atoms with van der Waals surface area (Å²) in [5.41, 5.74) is 2.88. The van der Waals surface area contributed by atoms with Gasteiger partial charge in [0.05, 0.1) is 13.1 Å². The summed E-state index contributed by atoms with van der Waals surface area (Å²) >= 11 is 0. The van der Waals surface area contributed by atoms with E-state index in [1.54, 1.807) is 0 Å². The molecule has 0 unspecified atom stereocenters. The topological polar surface area (TPSA) is 13.0 Å². The zero-order valence-electron chi connectivity index (χ0n) is 19.5. The molecule has 2 aliphatic rings. The molecule has 0 spiro atoms. The van der Waals surface area contributed by atoms with Gasteiger partial charge in [-0.1, -0.05) is 72.5 Å². The molecule has 0 aliphatic carbocycles. The Kier molecular flexibility index (Phi) is 9.18. The first kappa shape index (κ1) is 23.0. The van der Waals surface area contributed by atoms with Crippen LogP contribution in [0.2, 0.25) is 0 Å². The van der Waals surface area contributed by atoms with Gasteiger partial charge in [-0.3, -0.25) is 9.80 Å². The van der Waals surface area contributed by atoms with Crippen LogP contribution in [0.4, 0.5) is 0 Å². The molecule has 2 heterocycles. The van der Waals surface area contributed by atoms with E-state index in [4.69, 9.17) is 0 Å². The van der Waals surface area contributed by atoms with Gasteiger partial charge in [0.15, 0.2) is 0 Å². The van der Waals surface area contributed by atoms with Crippen molar-refractivity contribution in [1.82, 2.24) is 19.6 Å². The van der Waals surface area contributed by atoms with Crippen molar-refractivity contribution < 1.29 is 0 Å². The molecular formula is C28H38N4. The molecule has 4 heteroatoms. The molecule has 0 atom stereocenters. The molecule has 2 fully saturated rings. The first-order valence-electron chi connectivity index (χ1n) is 12.3. The molecule has 0 radical (unpaired) electrons. The molecule has 170 valence electrons. The van der Waals surface area contributed by atoms with Gasteiger partial charge in [0.25, 0.3) is 0 Å². The Hall–Kier alpha value is -2.16. The highest BCUT2D eigenvalue weighted by Crippen LogP contribution is 2.06. The van der Waals surface area contributed by atoms with Crippen molar-refractivity contribution in [1.29, 1.82) is 0 Å². The van der Waals surface area contributed by atoms with Gasteiger partial charge in [-0.25, -0.2) is 0 Å². The quantitative estimate of drug-likeness (QED) is 0.597. The van der Waals surface area contributed by atoms with Crippen molar-refractivity contribution in [2.75, 3.05) is 78.5 Å². The van der Waals surface area contributed by atoms with E-state index in [-0.39, 0.29) is 0 Å². The molecule has 4 nitrogen and oxygen atoms in total. The molecule has 2 aromatic rings. The molecule has 0 amide bonds. The summed E-state index contributed by atoms with van der Waals surface area (Å²) in [6, 6.07) is 21.7. The number of hydrogen-bond acceptors (Lipinski definition) is 4. The first-order chi connectivity index (χ1) is 15.8. The number of piperazine rings is 2. The fourth-order valence-corrected chi connectivity index (χ4v) is 4.54. The third-order valence-electron chi connectivity index (χ3n) is 6.78. The van der Waals surface area contributed by atoms with Gasteiger partial charge in [-0.05, 0) is 24.0 Å². The van der Waals surface area contributed by atoms with Gasteiger partial charge in [-0.2, -0.15) is 0 Å². The van der Waals surface area contributed by atoms with E-state index in [2.05, 4.69) is 92.1 Å². The van der Waals surface area contributed by atoms with Crippen molar-refractivity contribution in [2.45, 2.75) is 12.8 Å². The zero-order valence-corrected chi connectivity index (χ0v) is 19.5. The monoisotopic (exact) mass is 430 g/mol. The number of benzene rings is 2. The van der Waals surface area contributed by atoms with Gasteiger partial charge in [0, 0.05) is 65.4 Å². The highest BCUT2D eigenvalue weighted by Gasteiger charge is 2.17. The summed E-state index contributed by atoms with van der Waals surface area (Å²) in [7, 11) is 0. The number of rotatable bonds is 8. The molecule has 0 saturated carbocycles. The highest BCUT2D eigenvalue weighted by atomic mass is 15.3. The van der Waals surface area contributed by atoms with Crippen LogP contribution < -0.4 is 0 Å². The van der Waals surface area contributed by atoms with Crippen molar-refractivity contribution in [2.24, 2.45) is 0 Å². The first-order valence-corrected chi connectivity index (χ1v) is 12.3. The Morgan fingerprint density at radius 2 is 0.812 bits per heavy atom. The van der Waals surface area contributed by atoms with Gasteiger partial charge >= 0.3 is 0 Å². The second kappa shape index (κ2) is 12.8. The third-order valence-corrected chi connectivity index (χ3v) is 6.78. The summed E-state index contributed by atoms with van der Waals surface area (Å²) in [5, 5.41) is 0. The molecule has 2 saturated heterocycles. The summed E-state index contributed by atoms with van der Waals surface area (Å²) < 4.78 is 0. The van der Waals surface area contributed by atoms with Crippen molar-refractivity contribution >= 4 is 0 Å². The standard InChI is InChI=1S/C28H38N4/c1-3-9-27(10-4-1)13-17-31-23-19-29(20-24-31)15-7-8-16-30-21-25-32(26-22-30)18-14-28-11-5-2-6-12-28/h1-6,9-12H,13-26H2. The summed E-state index contributed by atoms with van der Waals surface area (Å²) in [6.45, 7) is 13.4. The van der Waals surface area contributed by atoms with Crippen LogP contribution in [0.5, 0.6) is 0 Å². The lowest BCUT2D eigenvalue weighted by Crippen LogP contribution is -2.47. The Morgan fingerprint density at radius 3 is 1.19 bits per heavy atom. The maximum atomic E-state index is 3.44. The van der Waals surface area contributed by atoms with Crippen molar-refractivity contribution in [3.8, 4) is 11.8 Å². The molecule has 2 aliphatic heterocycles. The largest absolute Gasteiger partial charge is 0.300 e. The van der Waals surface area contributed by atoms with Crippen molar-refractivity contribution in [3.63, 3.8) is 0 Å². The normalized spacial score (nSPS) is 18.9. The zero-order chi connectivity index (χ0) is 21.8. The average Bonchev–Trinajstić information content (AvgIpc) is 2.87. The van der Waals surface area contributed by atoms with Crippen LogP contribution in [0, 0.1) is 11.8 Å². The van der Waals surface area contributed by atoms with Crippen LogP contribution in [0.3, 0.4) is 0 Å². The SMILES string of the molecule is C(#CCN1CCN(CCc2ccccc2)CC1)CN1CCN(CCc2ccccc2)CC1. The smallest absolute Gasteiger partial charge is 0.0602 e. The number of hydrogen-bond donors (Lipinski definition) is 0. The van der Waals surface area contributed by atoms with E-state index in [0.29, 0.717) is 0 Å². The van der Waals surface area contributed by atoms with Gasteiger partial charge < -0.3 is 9.80 Å². The van der Waals surface area contributed by atoms with Gasteiger partial charge in [0.2, 0.25) is 0 Å². The summed E-state index contributed by atoms with van der Waals surface area (Å²) in [6.07, 6.45) is 2.31. The highest BCUT2D eigenvalue weighted by molar-refractivity contribution is 5.15. The molecule has 0 bridgehead atoms. The molecule has 4 rings (SSSR count). The number of nitrogens with zero attached hydrogens (tertiary/aromatic N) is 4. The minimum Gasteiger partial charge on any atom is -0.300 e. The third kappa shape index (κ3) is 7.76. The van der Waals surface area contributed by atoms with E-state index < -0.39 is 0 Å². The predicted molar refractivity (Wildman–Crippen MR) is 134 cm³/mol. The van der Waals surface area contributed by atoms with E-state index in [1.165, 1.54) is 50.4 Å². The molecule has 0 aromatic heterocycles. The molecule has 2 aromatic carbocycles.